The highest BCUT2D eigenvalue weighted by molar-refractivity contribution is 5.90. The minimum Gasteiger partial charge on any atom is -0.352 e. The average Bonchev–Trinajstić information content (AvgIpc) is 2.92. The van der Waals surface area contributed by atoms with Crippen LogP contribution in [0.4, 0.5) is 0 Å². The molecule has 0 spiro atoms. The van der Waals surface area contributed by atoms with Crippen LogP contribution in [0.5, 0.6) is 0 Å². The number of nitrogens with zero attached hydrogens (tertiary/aromatic N) is 4. The molecule has 0 radical (unpaired) electrons. The topological polar surface area (TPSA) is 80.1 Å². The van der Waals surface area contributed by atoms with E-state index in [1.165, 1.54) is 0 Å². The van der Waals surface area contributed by atoms with E-state index in [2.05, 4.69) is 15.6 Å². The first-order chi connectivity index (χ1) is 11.1. The van der Waals surface area contributed by atoms with Crippen molar-refractivity contribution in [2.24, 2.45) is 7.05 Å². The highest BCUT2D eigenvalue weighted by Gasteiger charge is 2.34. The molecule has 3 rings (SSSR count). The van der Waals surface area contributed by atoms with Crippen molar-refractivity contribution >= 4 is 11.8 Å². The number of hydrogen-bond donors (Lipinski definition) is 1. The van der Waals surface area contributed by atoms with Crippen LogP contribution in [-0.4, -0.2) is 44.8 Å². The molecule has 0 saturated carbocycles. The summed E-state index contributed by atoms with van der Waals surface area (Å²) >= 11 is 0. The van der Waals surface area contributed by atoms with Crippen molar-refractivity contribution in [3.05, 3.63) is 47.3 Å². The van der Waals surface area contributed by atoms with E-state index in [-0.39, 0.29) is 18.2 Å². The van der Waals surface area contributed by atoms with E-state index in [0.717, 1.165) is 16.8 Å². The lowest BCUT2D eigenvalue weighted by atomic mass is 10.00. The number of amides is 2. The zero-order chi connectivity index (χ0) is 16.4. The SMILES string of the molecule is Cc1cccc(C2C(=O)NCCN2C(=O)Cc2cnnn2C)c1. The summed E-state index contributed by atoms with van der Waals surface area (Å²) in [6.45, 7) is 2.93. The highest BCUT2D eigenvalue weighted by atomic mass is 16.2. The Hall–Kier alpha value is -2.70. The standard InChI is InChI=1S/C16H19N5O2/c1-11-4-3-5-12(8-11)15-16(23)17-6-7-21(15)14(22)9-13-10-18-19-20(13)2/h3-5,8,10,15H,6-7,9H2,1-2H3,(H,17,23). The molecular weight excluding hydrogens is 294 g/mol. The van der Waals surface area contributed by atoms with Gasteiger partial charge in [0.05, 0.1) is 18.3 Å². The van der Waals surface area contributed by atoms with Gasteiger partial charge in [0, 0.05) is 20.1 Å². The van der Waals surface area contributed by atoms with Gasteiger partial charge >= 0.3 is 0 Å². The molecule has 2 heterocycles. The van der Waals surface area contributed by atoms with Crippen LogP contribution in [0, 0.1) is 6.92 Å². The fourth-order valence-corrected chi connectivity index (χ4v) is 2.83. The minimum atomic E-state index is -0.586. The maximum absolute atomic E-state index is 12.7. The quantitative estimate of drug-likeness (QED) is 0.887. The van der Waals surface area contributed by atoms with Gasteiger partial charge in [-0.15, -0.1) is 5.10 Å². The van der Waals surface area contributed by atoms with E-state index in [1.54, 1.807) is 22.8 Å². The van der Waals surface area contributed by atoms with Gasteiger partial charge in [0.25, 0.3) is 0 Å². The monoisotopic (exact) mass is 313 g/mol. The molecule has 1 fully saturated rings. The molecule has 1 saturated heterocycles. The van der Waals surface area contributed by atoms with Gasteiger partial charge in [-0.1, -0.05) is 35.0 Å². The summed E-state index contributed by atoms with van der Waals surface area (Å²) in [5.74, 6) is -0.241. The first-order valence-electron chi connectivity index (χ1n) is 7.53. The lowest BCUT2D eigenvalue weighted by molar-refractivity contribution is -0.143. The molecule has 1 aromatic carbocycles. The van der Waals surface area contributed by atoms with Crippen molar-refractivity contribution in [1.82, 2.24) is 25.2 Å². The molecule has 2 aromatic rings. The van der Waals surface area contributed by atoms with Gasteiger partial charge < -0.3 is 10.2 Å². The first kappa shape index (κ1) is 15.2. The average molecular weight is 313 g/mol. The second-order valence-electron chi connectivity index (χ2n) is 5.72. The lowest BCUT2D eigenvalue weighted by Gasteiger charge is -2.35. The van der Waals surface area contributed by atoms with Gasteiger partial charge in [0.15, 0.2) is 0 Å². The fraction of sp³-hybridized carbons (Fsp3) is 0.375. The number of carbonyl (C=O) groups excluding carboxylic acids is 2. The maximum Gasteiger partial charge on any atom is 0.247 e. The molecular formula is C16H19N5O2. The molecule has 23 heavy (non-hydrogen) atoms. The molecule has 0 bridgehead atoms. The maximum atomic E-state index is 12.7. The molecule has 1 aromatic heterocycles. The van der Waals surface area contributed by atoms with Crippen molar-refractivity contribution in [3.63, 3.8) is 0 Å². The van der Waals surface area contributed by atoms with Crippen LogP contribution >= 0.6 is 0 Å². The molecule has 1 unspecified atom stereocenters. The van der Waals surface area contributed by atoms with Gasteiger partial charge in [-0.3, -0.25) is 14.3 Å². The van der Waals surface area contributed by atoms with Crippen LogP contribution in [0.25, 0.3) is 0 Å². The number of benzene rings is 1. The summed E-state index contributed by atoms with van der Waals surface area (Å²) in [5.41, 5.74) is 2.62. The number of carbonyl (C=O) groups is 2. The van der Waals surface area contributed by atoms with E-state index < -0.39 is 6.04 Å². The Kier molecular flexibility index (Phi) is 4.10. The first-order valence-corrected chi connectivity index (χ1v) is 7.53. The van der Waals surface area contributed by atoms with E-state index in [1.807, 2.05) is 31.2 Å². The molecule has 1 atom stereocenters. The number of aromatic nitrogens is 3. The number of rotatable bonds is 3. The van der Waals surface area contributed by atoms with Crippen LogP contribution in [0.15, 0.2) is 30.5 Å². The summed E-state index contributed by atoms with van der Waals surface area (Å²) < 4.78 is 1.57. The van der Waals surface area contributed by atoms with Crippen molar-refractivity contribution < 1.29 is 9.59 Å². The second-order valence-corrected chi connectivity index (χ2v) is 5.72. The molecule has 1 aliphatic rings. The zero-order valence-electron chi connectivity index (χ0n) is 13.2. The number of nitrogens with one attached hydrogen (secondary N) is 1. The number of piperazine rings is 1. The fourth-order valence-electron chi connectivity index (χ4n) is 2.83. The third kappa shape index (κ3) is 3.08. The number of hydrogen-bond acceptors (Lipinski definition) is 4. The summed E-state index contributed by atoms with van der Waals surface area (Å²) in [7, 11) is 1.75. The van der Waals surface area contributed by atoms with E-state index in [4.69, 9.17) is 0 Å². The summed E-state index contributed by atoms with van der Waals surface area (Å²) in [5, 5.41) is 10.5. The van der Waals surface area contributed by atoms with Crippen molar-refractivity contribution in [2.45, 2.75) is 19.4 Å². The van der Waals surface area contributed by atoms with Gasteiger partial charge in [0.2, 0.25) is 11.8 Å². The summed E-state index contributed by atoms with van der Waals surface area (Å²) in [6.07, 6.45) is 1.75. The van der Waals surface area contributed by atoms with Crippen LogP contribution in [-0.2, 0) is 23.1 Å². The van der Waals surface area contributed by atoms with Crippen LogP contribution < -0.4 is 5.32 Å². The lowest BCUT2D eigenvalue weighted by Crippen LogP contribution is -2.52. The Morgan fingerprint density at radius 2 is 2.26 bits per heavy atom. The van der Waals surface area contributed by atoms with E-state index >= 15 is 0 Å². The van der Waals surface area contributed by atoms with Crippen LogP contribution in [0.3, 0.4) is 0 Å². The molecule has 0 aliphatic carbocycles. The molecule has 120 valence electrons. The third-order valence-electron chi connectivity index (χ3n) is 4.03. The normalized spacial score (nSPS) is 17.9. The van der Waals surface area contributed by atoms with Crippen LogP contribution in [0.2, 0.25) is 0 Å². The Balaban J connectivity index is 1.87. The van der Waals surface area contributed by atoms with Crippen molar-refractivity contribution in [2.75, 3.05) is 13.1 Å². The van der Waals surface area contributed by atoms with E-state index in [0.29, 0.717) is 13.1 Å². The molecule has 2 amide bonds. The van der Waals surface area contributed by atoms with Crippen LogP contribution in [0.1, 0.15) is 22.9 Å². The van der Waals surface area contributed by atoms with Crippen molar-refractivity contribution in [1.29, 1.82) is 0 Å². The smallest absolute Gasteiger partial charge is 0.247 e. The Morgan fingerprint density at radius 1 is 1.43 bits per heavy atom. The second kappa shape index (κ2) is 6.20. The van der Waals surface area contributed by atoms with Crippen molar-refractivity contribution in [3.8, 4) is 0 Å². The van der Waals surface area contributed by atoms with Gasteiger partial charge in [-0.05, 0) is 12.5 Å². The molecule has 7 nitrogen and oxygen atoms in total. The highest BCUT2D eigenvalue weighted by Crippen LogP contribution is 2.24. The summed E-state index contributed by atoms with van der Waals surface area (Å²) in [4.78, 5) is 26.7. The predicted octanol–water partition coefficient (Wildman–Crippen LogP) is 0.366. The zero-order valence-corrected chi connectivity index (χ0v) is 13.2. The number of aryl methyl sites for hydroxylation is 2. The van der Waals surface area contributed by atoms with E-state index in [9.17, 15) is 9.59 Å². The Bertz CT molecular complexity index is 740. The van der Waals surface area contributed by atoms with Gasteiger partial charge in [0.1, 0.15) is 6.04 Å². The molecule has 7 heteroatoms. The third-order valence-corrected chi connectivity index (χ3v) is 4.03. The summed E-state index contributed by atoms with van der Waals surface area (Å²) in [6, 6.07) is 7.12. The van der Waals surface area contributed by atoms with Gasteiger partial charge in [-0.25, -0.2) is 0 Å². The van der Waals surface area contributed by atoms with Gasteiger partial charge in [-0.2, -0.15) is 0 Å². The molecule has 1 N–H and O–H groups in total. The Labute approximate surface area is 134 Å². The largest absolute Gasteiger partial charge is 0.352 e. The Morgan fingerprint density at radius 3 is 2.96 bits per heavy atom. The minimum absolute atomic E-state index is 0.100. The molecule has 1 aliphatic heterocycles. The predicted molar refractivity (Wildman–Crippen MR) is 83.3 cm³/mol.